The van der Waals surface area contributed by atoms with Crippen LogP contribution in [-0.2, 0) is 4.79 Å². The molecule has 1 amide bonds. The van der Waals surface area contributed by atoms with E-state index in [2.05, 4.69) is 0 Å². The molecule has 0 radical (unpaired) electrons. The molecule has 0 rings (SSSR count). The van der Waals surface area contributed by atoms with Crippen LogP contribution in [0.5, 0.6) is 0 Å². The minimum absolute atomic E-state index is 0. The van der Waals surface area contributed by atoms with Crippen molar-refractivity contribution < 1.29 is 4.79 Å². The van der Waals surface area contributed by atoms with Crippen LogP contribution in [0, 0.1) is 0 Å². The third kappa shape index (κ3) is 8.01. The summed E-state index contributed by atoms with van der Waals surface area (Å²) in [7, 11) is 0. The average Bonchev–Trinajstić information content (AvgIpc) is 1.67. The average molecular weight is 189 g/mol. The molecular formula is C5H14Cl2N2O. The van der Waals surface area contributed by atoms with Crippen molar-refractivity contribution in [3.05, 3.63) is 0 Å². The molecule has 0 fully saturated rings. The van der Waals surface area contributed by atoms with Gasteiger partial charge in [0.05, 0.1) is 6.04 Å². The number of hydrogen-bond donors (Lipinski definition) is 2. The Bertz CT molecular complexity index is 89.7. The molecule has 0 aromatic heterocycles. The Labute approximate surface area is 73.3 Å². The van der Waals surface area contributed by atoms with E-state index in [0.717, 1.165) is 6.42 Å². The van der Waals surface area contributed by atoms with Gasteiger partial charge < -0.3 is 11.5 Å². The lowest BCUT2D eigenvalue weighted by molar-refractivity contribution is -0.119. The van der Waals surface area contributed by atoms with Crippen molar-refractivity contribution in [3.8, 4) is 0 Å². The molecule has 1 unspecified atom stereocenters. The summed E-state index contributed by atoms with van der Waals surface area (Å²) in [6.45, 7) is 1.96. The van der Waals surface area contributed by atoms with E-state index in [0.29, 0.717) is 6.42 Å². The molecule has 3 nitrogen and oxygen atoms in total. The largest absolute Gasteiger partial charge is 0.368 e. The van der Waals surface area contributed by atoms with Crippen molar-refractivity contribution in [1.82, 2.24) is 0 Å². The molecule has 10 heavy (non-hydrogen) atoms. The van der Waals surface area contributed by atoms with Crippen LogP contribution in [0.1, 0.15) is 19.8 Å². The topological polar surface area (TPSA) is 69.1 Å². The van der Waals surface area contributed by atoms with Crippen molar-refractivity contribution >= 4 is 30.7 Å². The van der Waals surface area contributed by atoms with Crippen LogP contribution >= 0.6 is 24.8 Å². The maximum absolute atomic E-state index is 10.2. The van der Waals surface area contributed by atoms with E-state index in [4.69, 9.17) is 11.5 Å². The molecule has 0 saturated carbocycles. The summed E-state index contributed by atoms with van der Waals surface area (Å²) in [6.07, 6.45) is 1.60. The third-order valence-electron chi connectivity index (χ3n) is 0.965. The molecule has 5 heteroatoms. The number of rotatable bonds is 3. The zero-order valence-corrected chi connectivity index (χ0v) is 7.50. The van der Waals surface area contributed by atoms with E-state index in [1.54, 1.807) is 0 Å². The summed E-state index contributed by atoms with van der Waals surface area (Å²) < 4.78 is 0. The van der Waals surface area contributed by atoms with Crippen LogP contribution in [-0.4, -0.2) is 11.9 Å². The molecule has 0 bridgehead atoms. The van der Waals surface area contributed by atoms with Gasteiger partial charge in [0.15, 0.2) is 0 Å². The summed E-state index contributed by atoms with van der Waals surface area (Å²) >= 11 is 0. The highest BCUT2D eigenvalue weighted by atomic mass is 35.5. The zero-order chi connectivity index (χ0) is 6.57. The summed E-state index contributed by atoms with van der Waals surface area (Å²) in [5.41, 5.74) is 10.1. The summed E-state index contributed by atoms with van der Waals surface area (Å²) in [4.78, 5) is 10.2. The zero-order valence-electron chi connectivity index (χ0n) is 5.87. The summed E-state index contributed by atoms with van der Waals surface area (Å²) in [6, 6.07) is -0.444. The number of halogens is 2. The van der Waals surface area contributed by atoms with Gasteiger partial charge in [0.2, 0.25) is 5.91 Å². The van der Waals surface area contributed by atoms with Gasteiger partial charge in [0, 0.05) is 0 Å². The fourth-order valence-electron chi connectivity index (χ4n) is 0.453. The van der Waals surface area contributed by atoms with Gasteiger partial charge in [-0.1, -0.05) is 13.3 Å². The first kappa shape index (κ1) is 16.5. The maximum atomic E-state index is 10.2. The Balaban J connectivity index is -0.000000245. The van der Waals surface area contributed by atoms with E-state index < -0.39 is 11.9 Å². The number of primary amides is 1. The predicted octanol–water partition coefficient (Wildman–Crippen LogP) is 0.443. The number of carbonyl (C=O) groups excluding carboxylic acids is 1. The number of carbonyl (C=O) groups is 1. The highest BCUT2D eigenvalue weighted by molar-refractivity contribution is 5.85. The quantitative estimate of drug-likeness (QED) is 0.676. The van der Waals surface area contributed by atoms with Gasteiger partial charge in [0.1, 0.15) is 0 Å². The van der Waals surface area contributed by atoms with E-state index in [1.807, 2.05) is 6.92 Å². The van der Waals surface area contributed by atoms with E-state index in [-0.39, 0.29) is 24.8 Å². The normalized spacial score (nSPS) is 10.6. The Morgan fingerprint density at radius 3 is 2.00 bits per heavy atom. The van der Waals surface area contributed by atoms with Crippen molar-refractivity contribution in [2.75, 3.05) is 0 Å². The van der Waals surface area contributed by atoms with Crippen LogP contribution in [0.2, 0.25) is 0 Å². The molecule has 0 aliphatic carbocycles. The van der Waals surface area contributed by atoms with Gasteiger partial charge in [0.25, 0.3) is 0 Å². The van der Waals surface area contributed by atoms with Crippen molar-refractivity contribution in [1.29, 1.82) is 0 Å². The lowest BCUT2D eigenvalue weighted by atomic mass is 10.2. The Hall–Kier alpha value is 0.01000. The summed E-state index contributed by atoms with van der Waals surface area (Å²) in [5.74, 6) is -0.410. The second-order valence-electron chi connectivity index (χ2n) is 1.80. The molecule has 1 atom stereocenters. The van der Waals surface area contributed by atoms with Gasteiger partial charge in [-0.3, -0.25) is 4.79 Å². The lowest BCUT2D eigenvalue weighted by Crippen LogP contribution is -2.35. The first-order chi connectivity index (χ1) is 3.68. The fraction of sp³-hybridized carbons (Fsp3) is 0.800. The van der Waals surface area contributed by atoms with Crippen LogP contribution in [0.4, 0.5) is 0 Å². The second-order valence-corrected chi connectivity index (χ2v) is 1.80. The monoisotopic (exact) mass is 188 g/mol. The van der Waals surface area contributed by atoms with Crippen LogP contribution < -0.4 is 11.5 Å². The molecule has 64 valence electrons. The van der Waals surface area contributed by atoms with Gasteiger partial charge in [-0.2, -0.15) is 0 Å². The standard InChI is InChI=1S/C5H12N2O.2ClH/c1-2-3-4(6)5(7)8;;/h4H,2-3,6H2,1H3,(H2,7,8);2*1H. The Kier molecular flexibility index (Phi) is 14.9. The van der Waals surface area contributed by atoms with Crippen molar-refractivity contribution in [3.63, 3.8) is 0 Å². The molecule has 0 heterocycles. The maximum Gasteiger partial charge on any atom is 0.234 e. The highest BCUT2D eigenvalue weighted by Gasteiger charge is 2.05. The second kappa shape index (κ2) is 9.01. The van der Waals surface area contributed by atoms with Gasteiger partial charge >= 0.3 is 0 Å². The molecule has 0 aromatic carbocycles. The molecule has 4 N–H and O–H groups in total. The van der Waals surface area contributed by atoms with Gasteiger partial charge in [-0.15, -0.1) is 24.8 Å². The number of nitrogens with two attached hydrogens (primary N) is 2. The third-order valence-corrected chi connectivity index (χ3v) is 0.965. The first-order valence-electron chi connectivity index (χ1n) is 2.73. The van der Waals surface area contributed by atoms with Gasteiger partial charge in [-0.05, 0) is 6.42 Å². The SMILES string of the molecule is CCCC(N)C(N)=O.Cl.Cl. The fourth-order valence-corrected chi connectivity index (χ4v) is 0.453. The molecule has 0 aliphatic rings. The van der Waals surface area contributed by atoms with E-state index >= 15 is 0 Å². The lowest BCUT2D eigenvalue weighted by Gasteiger charge is -2.01. The van der Waals surface area contributed by atoms with Crippen molar-refractivity contribution in [2.45, 2.75) is 25.8 Å². The molecule has 0 spiro atoms. The van der Waals surface area contributed by atoms with Crippen LogP contribution in [0.3, 0.4) is 0 Å². The smallest absolute Gasteiger partial charge is 0.234 e. The van der Waals surface area contributed by atoms with E-state index in [9.17, 15) is 4.79 Å². The Morgan fingerprint density at radius 1 is 1.50 bits per heavy atom. The minimum atomic E-state index is -0.444. The van der Waals surface area contributed by atoms with E-state index in [1.165, 1.54) is 0 Å². The molecule has 0 saturated heterocycles. The van der Waals surface area contributed by atoms with Crippen LogP contribution in [0.15, 0.2) is 0 Å². The van der Waals surface area contributed by atoms with Crippen LogP contribution in [0.25, 0.3) is 0 Å². The van der Waals surface area contributed by atoms with Gasteiger partial charge in [-0.25, -0.2) is 0 Å². The Morgan fingerprint density at radius 2 is 1.90 bits per heavy atom. The molecule has 0 aromatic rings. The predicted molar refractivity (Wildman–Crippen MR) is 46.6 cm³/mol. The minimum Gasteiger partial charge on any atom is -0.368 e. The molecule has 0 aliphatic heterocycles. The number of hydrogen-bond acceptors (Lipinski definition) is 2. The first-order valence-corrected chi connectivity index (χ1v) is 2.73. The summed E-state index contributed by atoms with van der Waals surface area (Å²) in [5, 5.41) is 0. The molecular weight excluding hydrogens is 175 g/mol. The highest BCUT2D eigenvalue weighted by Crippen LogP contribution is 1.89. The van der Waals surface area contributed by atoms with Crippen molar-refractivity contribution in [2.24, 2.45) is 11.5 Å². The number of amides is 1.